The second-order valence-corrected chi connectivity index (χ2v) is 4.08. The van der Waals surface area contributed by atoms with Gasteiger partial charge in [0.25, 0.3) is 0 Å². The lowest BCUT2D eigenvalue weighted by Gasteiger charge is -2.26. The zero-order valence-electron chi connectivity index (χ0n) is 7.89. The summed E-state index contributed by atoms with van der Waals surface area (Å²) in [6.07, 6.45) is 1.11. The van der Waals surface area contributed by atoms with Crippen molar-refractivity contribution < 1.29 is 4.39 Å². The summed E-state index contributed by atoms with van der Waals surface area (Å²) in [4.78, 5) is 0. The van der Waals surface area contributed by atoms with Crippen LogP contribution in [0.3, 0.4) is 0 Å². The van der Waals surface area contributed by atoms with Crippen LogP contribution in [-0.4, -0.2) is 19.1 Å². The van der Waals surface area contributed by atoms with Gasteiger partial charge in [0.15, 0.2) is 0 Å². The number of hydrogen-bond donors (Lipinski definition) is 2. The standard InChI is InChI=1S/C11H13FN2/c12-7-1-2-10-9(5-7)8-3-4-13-6-11(8)14-10/h1-2,5,8,11,13-14H,3-4,6H2. The molecule has 0 amide bonds. The van der Waals surface area contributed by atoms with Crippen molar-refractivity contribution in [2.45, 2.75) is 18.4 Å². The number of piperidine rings is 1. The van der Waals surface area contributed by atoms with Crippen LogP contribution in [-0.2, 0) is 0 Å². The van der Waals surface area contributed by atoms with E-state index in [0.29, 0.717) is 12.0 Å². The van der Waals surface area contributed by atoms with E-state index in [-0.39, 0.29) is 5.82 Å². The Balaban J connectivity index is 2.02. The minimum absolute atomic E-state index is 0.121. The van der Waals surface area contributed by atoms with Gasteiger partial charge < -0.3 is 10.6 Å². The molecule has 2 heterocycles. The van der Waals surface area contributed by atoms with Crippen molar-refractivity contribution in [1.82, 2.24) is 5.32 Å². The first-order valence-electron chi connectivity index (χ1n) is 5.11. The van der Waals surface area contributed by atoms with Gasteiger partial charge in [0.2, 0.25) is 0 Å². The molecule has 2 N–H and O–H groups in total. The number of halogens is 1. The summed E-state index contributed by atoms with van der Waals surface area (Å²) in [5.41, 5.74) is 2.28. The quantitative estimate of drug-likeness (QED) is 0.653. The lowest BCUT2D eigenvalue weighted by molar-refractivity contribution is 0.438. The van der Waals surface area contributed by atoms with Gasteiger partial charge in [-0.2, -0.15) is 0 Å². The van der Waals surface area contributed by atoms with E-state index in [1.807, 2.05) is 6.07 Å². The first-order chi connectivity index (χ1) is 6.84. The van der Waals surface area contributed by atoms with Crippen molar-refractivity contribution in [3.8, 4) is 0 Å². The van der Waals surface area contributed by atoms with Crippen molar-refractivity contribution >= 4 is 5.69 Å². The fraction of sp³-hybridized carbons (Fsp3) is 0.455. The fourth-order valence-electron chi connectivity index (χ4n) is 2.55. The van der Waals surface area contributed by atoms with Crippen LogP contribution < -0.4 is 10.6 Å². The largest absolute Gasteiger partial charge is 0.380 e. The second kappa shape index (κ2) is 2.95. The van der Waals surface area contributed by atoms with Crippen molar-refractivity contribution in [2.75, 3.05) is 18.4 Å². The molecule has 0 saturated carbocycles. The normalized spacial score (nSPS) is 29.2. The van der Waals surface area contributed by atoms with Gasteiger partial charge in [0.1, 0.15) is 5.82 Å². The van der Waals surface area contributed by atoms with Crippen LogP contribution in [0.15, 0.2) is 18.2 Å². The molecule has 14 heavy (non-hydrogen) atoms. The van der Waals surface area contributed by atoms with Crippen molar-refractivity contribution in [3.63, 3.8) is 0 Å². The molecule has 2 aliphatic heterocycles. The lowest BCUT2D eigenvalue weighted by Crippen LogP contribution is -2.40. The van der Waals surface area contributed by atoms with Crippen LogP contribution in [0.2, 0.25) is 0 Å². The molecule has 3 rings (SSSR count). The Kier molecular flexibility index (Phi) is 1.74. The summed E-state index contributed by atoms with van der Waals surface area (Å²) in [5.74, 6) is 0.381. The number of anilines is 1. The highest BCUT2D eigenvalue weighted by atomic mass is 19.1. The lowest BCUT2D eigenvalue weighted by atomic mass is 9.89. The minimum Gasteiger partial charge on any atom is -0.380 e. The van der Waals surface area contributed by atoms with Crippen LogP contribution >= 0.6 is 0 Å². The van der Waals surface area contributed by atoms with Gasteiger partial charge in [-0.1, -0.05) is 0 Å². The van der Waals surface area contributed by atoms with E-state index in [1.165, 1.54) is 6.07 Å². The maximum Gasteiger partial charge on any atom is 0.123 e. The molecule has 2 unspecified atom stereocenters. The van der Waals surface area contributed by atoms with Crippen LogP contribution in [0.4, 0.5) is 10.1 Å². The molecule has 0 bridgehead atoms. The topological polar surface area (TPSA) is 24.1 Å². The Morgan fingerprint density at radius 3 is 3.21 bits per heavy atom. The third-order valence-electron chi connectivity index (χ3n) is 3.24. The van der Waals surface area contributed by atoms with Crippen LogP contribution in [0.1, 0.15) is 17.9 Å². The molecule has 74 valence electrons. The van der Waals surface area contributed by atoms with Gasteiger partial charge in [-0.05, 0) is 36.7 Å². The summed E-state index contributed by atoms with van der Waals surface area (Å²) < 4.78 is 13.1. The summed E-state index contributed by atoms with van der Waals surface area (Å²) in [6.45, 7) is 2.03. The molecule has 0 aliphatic carbocycles. The second-order valence-electron chi connectivity index (χ2n) is 4.08. The van der Waals surface area contributed by atoms with E-state index in [9.17, 15) is 4.39 Å². The maximum atomic E-state index is 13.1. The molecular formula is C11H13FN2. The van der Waals surface area contributed by atoms with E-state index in [2.05, 4.69) is 10.6 Å². The Morgan fingerprint density at radius 1 is 1.36 bits per heavy atom. The van der Waals surface area contributed by atoms with Crippen LogP contribution in [0.25, 0.3) is 0 Å². The Labute approximate surface area is 82.5 Å². The summed E-state index contributed by atoms with van der Waals surface area (Å²) >= 11 is 0. The molecule has 3 heteroatoms. The molecule has 1 aromatic rings. The van der Waals surface area contributed by atoms with Crippen molar-refractivity contribution in [1.29, 1.82) is 0 Å². The molecule has 2 aliphatic rings. The Bertz CT molecular complexity index is 364. The summed E-state index contributed by atoms with van der Waals surface area (Å²) in [6, 6.07) is 5.51. The smallest absolute Gasteiger partial charge is 0.123 e. The molecule has 1 fully saturated rings. The highest BCUT2D eigenvalue weighted by molar-refractivity contribution is 5.59. The van der Waals surface area contributed by atoms with E-state index < -0.39 is 0 Å². The van der Waals surface area contributed by atoms with Crippen molar-refractivity contribution in [3.05, 3.63) is 29.6 Å². The predicted octanol–water partition coefficient (Wildman–Crippen LogP) is 1.70. The number of fused-ring (bicyclic) bond motifs is 3. The van der Waals surface area contributed by atoms with Gasteiger partial charge in [-0.25, -0.2) is 4.39 Å². The number of hydrogen-bond acceptors (Lipinski definition) is 2. The molecule has 1 saturated heterocycles. The van der Waals surface area contributed by atoms with E-state index in [4.69, 9.17) is 0 Å². The zero-order valence-corrected chi connectivity index (χ0v) is 7.89. The van der Waals surface area contributed by atoms with E-state index >= 15 is 0 Å². The van der Waals surface area contributed by atoms with Crippen LogP contribution in [0.5, 0.6) is 0 Å². The van der Waals surface area contributed by atoms with Crippen LogP contribution in [0, 0.1) is 5.82 Å². The molecule has 2 nitrogen and oxygen atoms in total. The Hall–Kier alpha value is -1.09. The monoisotopic (exact) mass is 192 g/mol. The molecule has 0 spiro atoms. The molecule has 0 aromatic heterocycles. The first kappa shape index (κ1) is 8.24. The van der Waals surface area contributed by atoms with Gasteiger partial charge in [0.05, 0.1) is 0 Å². The zero-order chi connectivity index (χ0) is 9.54. The highest BCUT2D eigenvalue weighted by Gasteiger charge is 2.33. The van der Waals surface area contributed by atoms with E-state index in [1.54, 1.807) is 6.07 Å². The average molecular weight is 192 g/mol. The van der Waals surface area contributed by atoms with E-state index in [0.717, 1.165) is 30.8 Å². The number of benzene rings is 1. The maximum absolute atomic E-state index is 13.1. The fourth-order valence-corrected chi connectivity index (χ4v) is 2.55. The molecule has 2 atom stereocenters. The Morgan fingerprint density at radius 2 is 2.29 bits per heavy atom. The van der Waals surface area contributed by atoms with Gasteiger partial charge >= 0.3 is 0 Å². The highest BCUT2D eigenvalue weighted by Crippen LogP contribution is 2.39. The summed E-state index contributed by atoms with van der Waals surface area (Å²) in [7, 11) is 0. The minimum atomic E-state index is -0.121. The number of rotatable bonds is 0. The number of nitrogens with one attached hydrogen (secondary N) is 2. The van der Waals surface area contributed by atoms with Gasteiger partial charge in [0, 0.05) is 24.2 Å². The molecular weight excluding hydrogens is 179 g/mol. The molecule has 0 radical (unpaired) electrons. The average Bonchev–Trinajstić information content (AvgIpc) is 2.56. The molecule has 1 aromatic carbocycles. The third-order valence-corrected chi connectivity index (χ3v) is 3.24. The van der Waals surface area contributed by atoms with Gasteiger partial charge in [-0.3, -0.25) is 0 Å². The SMILES string of the molecule is Fc1ccc2c(c1)C1CCNCC1N2. The van der Waals surface area contributed by atoms with Gasteiger partial charge in [-0.15, -0.1) is 0 Å². The first-order valence-corrected chi connectivity index (χ1v) is 5.11. The summed E-state index contributed by atoms with van der Waals surface area (Å²) in [5, 5.41) is 6.78. The van der Waals surface area contributed by atoms with Crippen molar-refractivity contribution in [2.24, 2.45) is 0 Å². The predicted molar refractivity (Wildman–Crippen MR) is 54.0 cm³/mol. The third kappa shape index (κ3) is 1.12.